The molecule has 0 aromatic heterocycles. The van der Waals surface area contributed by atoms with Gasteiger partial charge in [0, 0.05) is 0 Å². The quantitative estimate of drug-likeness (QED) is 0.284. The van der Waals surface area contributed by atoms with Crippen LogP contribution in [0.4, 0.5) is 0 Å². The van der Waals surface area contributed by atoms with Crippen LogP contribution in [-0.4, -0.2) is 61.6 Å². The molecule has 7 nitrogen and oxygen atoms in total. The number of halogens is 1. The molecule has 0 bridgehead atoms. The molecular weight excluding hydrogens is 454 g/mol. The van der Waals surface area contributed by atoms with Gasteiger partial charge in [-0.15, -0.1) is 23.4 Å². The van der Waals surface area contributed by atoms with Crippen molar-refractivity contribution in [2.24, 2.45) is 0 Å². The van der Waals surface area contributed by atoms with Crippen LogP contribution in [0.3, 0.4) is 0 Å². The monoisotopic (exact) mass is 473 g/mol. The molecule has 0 saturated carbocycles. The van der Waals surface area contributed by atoms with Gasteiger partial charge >= 0.3 is 5.97 Å². The summed E-state index contributed by atoms with van der Waals surface area (Å²) >= 11 is 6.53. The van der Waals surface area contributed by atoms with Crippen LogP contribution < -0.4 is 0 Å². The van der Waals surface area contributed by atoms with E-state index < -0.39 is 57.7 Å². The van der Waals surface area contributed by atoms with E-state index in [0.29, 0.717) is 11.1 Å². The second-order valence-corrected chi connectivity index (χ2v) is 9.60. The van der Waals surface area contributed by atoms with Crippen molar-refractivity contribution in [1.82, 2.24) is 4.90 Å². The summed E-state index contributed by atoms with van der Waals surface area (Å²) in [7, 11) is 0. The Labute approximate surface area is 193 Å². The largest absolute Gasteiger partial charge is 0.451 e. The first kappa shape index (κ1) is 22.5. The number of hydrogen-bond donors (Lipinski definition) is 1. The smallest absolute Gasteiger partial charge is 0.331 e. The molecule has 4 rings (SSSR count). The number of rotatable bonds is 7. The predicted octanol–water partition coefficient (Wildman–Crippen LogP) is 2.10. The van der Waals surface area contributed by atoms with E-state index in [1.807, 2.05) is 36.4 Å². The summed E-state index contributed by atoms with van der Waals surface area (Å²) in [5.41, 5.74) is 1.42. The van der Waals surface area contributed by atoms with Crippen molar-refractivity contribution >= 4 is 46.8 Å². The molecule has 0 radical (unpaired) electrons. The first-order chi connectivity index (χ1) is 15.3. The first-order valence-corrected chi connectivity index (χ1v) is 11.3. The average molecular weight is 474 g/mol. The molecule has 2 saturated heterocycles. The van der Waals surface area contributed by atoms with Gasteiger partial charge in [-0.1, -0.05) is 60.7 Å². The van der Waals surface area contributed by atoms with Crippen molar-refractivity contribution in [3.63, 3.8) is 0 Å². The molecule has 9 heteroatoms. The summed E-state index contributed by atoms with van der Waals surface area (Å²) in [6, 6.07) is 16.8. The van der Waals surface area contributed by atoms with Gasteiger partial charge in [0.2, 0.25) is 0 Å². The highest BCUT2D eigenvalue weighted by atomic mass is 35.5. The van der Waals surface area contributed by atoms with Gasteiger partial charge in [0.15, 0.2) is 11.9 Å². The first-order valence-electron chi connectivity index (χ1n) is 9.91. The molecule has 2 aliphatic heterocycles. The molecule has 2 aromatic carbocycles. The Balaban J connectivity index is 1.70. The van der Waals surface area contributed by atoms with Gasteiger partial charge < -0.3 is 14.7 Å². The number of thioether (sulfide) groups is 1. The molecule has 2 heterocycles. The summed E-state index contributed by atoms with van der Waals surface area (Å²) in [5, 5.41) is 9.74. The highest BCUT2D eigenvalue weighted by molar-refractivity contribution is 8.02. The summed E-state index contributed by atoms with van der Waals surface area (Å²) in [6.07, 6.45) is -2.45. The molecule has 2 fully saturated rings. The van der Waals surface area contributed by atoms with Crippen LogP contribution in [0.5, 0.6) is 0 Å². The number of aliphatic hydroxyl groups is 1. The standard InChI is InChI=1S/C23H20ClNO6S/c1-23(19(28)15(26)12-24)18(25-20(29)16(27)21(25)32-23)22(30)31-17(13-8-4-2-5-9-13)14-10-6-3-7-11-14/h2-11,17-19,21,28H,12H2,1H3/t18-,19?,21?,23+/m0/s1. The minimum Gasteiger partial charge on any atom is -0.451 e. The molecule has 0 aliphatic carbocycles. The molecule has 2 aromatic rings. The number of aliphatic hydroxyl groups excluding tert-OH is 1. The third-order valence-electron chi connectivity index (χ3n) is 5.75. The highest BCUT2D eigenvalue weighted by Crippen LogP contribution is 2.52. The molecular formula is C23H20ClNO6S. The van der Waals surface area contributed by atoms with Crippen LogP contribution in [0.1, 0.15) is 24.2 Å². The Bertz CT molecular complexity index is 1030. The van der Waals surface area contributed by atoms with Gasteiger partial charge in [-0.3, -0.25) is 14.4 Å². The third-order valence-corrected chi connectivity index (χ3v) is 7.63. The van der Waals surface area contributed by atoms with Gasteiger partial charge in [-0.2, -0.15) is 0 Å². The zero-order chi connectivity index (χ0) is 23.0. The van der Waals surface area contributed by atoms with E-state index >= 15 is 0 Å². The maximum absolute atomic E-state index is 13.5. The Morgan fingerprint density at radius 1 is 1.09 bits per heavy atom. The Morgan fingerprint density at radius 3 is 2.12 bits per heavy atom. The van der Waals surface area contributed by atoms with Crippen LogP contribution in [0, 0.1) is 0 Å². The Morgan fingerprint density at radius 2 is 1.62 bits per heavy atom. The molecule has 166 valence electrons. The number of carbonyl (C=O) groups is 4. The van der Waals surface area contributed by atoms with Crippen molar-refractivity contribution in [1.29, 1.82) is 0 Å². The van der Waals surface area contributed by atoms with E-state index in [1.165, 1.54) is 6.92 Å². The fraction of sp³-hybridized carbons (Fsp3) is 0.304. The molecule has 32 heavy (non-hydrogen) atoms. The predicted molar refractivity (Wildman–Crippen MR) is 118 cm³/mol. The Hall–Kier alpha value is -2.68. The van der Waals surface area contributed by atoms with Crippen molar-refractivity contribution in [2.75, 3.05) is 5.88 Å². The van der Waals surface area contributed by atoms with Crippen LogP contribution in [0.25, 0.3) is 0 Å². The van der Waals surface area contributed by atoms with Gasteiger partial charge in [0.25, 0.3) is 11.7 Å². The summed E-state index contributed by atoms with van der Waals surface area (Å²) in [6.45, 7) is 1.47. The Kier molecular flexibility index (Phi) is 6.11. The maximum Gasteiger partial charge on any atom is 0.331 e. The zero-order valence-electron chi connectivity index (χ0n) is 17.0. The van der Waals surface area contributed by atoms with Gasteiger partial charge in [-0.25, -0.2) is 4.79 Å². The summed E-state index contributed by atoms with van der Waals surface area (Å²) in [4.78, 5) is 51.1. The molecule has 1 amide bonds. The second-order valence-electron chi connectivity index (χ2n) is 7.77. The SMILES string of the molecule is C[C@@]1(C(O)C(=O)CCl)SC2C(=O)C(=O)N2[C@H]1C(=O)OC(c1ccccc1)c1ccccc1. The van der Waals surface area contributed by atoms with Crippen molar-refractivity contribution in [3.05, 3.63) is 71.8 Å². The number of esters is 1. The normalized spacial score (nSPS) is 25.3. The van der Waals surface area contributed by atoms with E-state index in [4.69, 9.17) is 16.3 Å². The fourth-order valence-corrected chi connectivity index (χ4v) is 5.83. The van der Waals surface area contributed by atoms with E-state index in [9.17, 15) is 24.3 Å². The number of benzene rings is 2. The molecule has 2 aliphatic rings. The van der Waals surface area contributed by atoms with Crippen LogP contribution >= 0.6 is 23.4 Å². The minimum atomic E-state index is -1.67. The van der Waals surface area contributed by atoms with Gasteiger partial charge in [0.1, 0.15) is 17.5 Å². The van der Waals surface area contributed by atoms with E-state index in [-0.39, 0.29) is 0 Å². The van der Waals surface area contributed by atoms with Crippen LogP contribution in [-0.2, 0) is 23.9 Å². The van der Waals surface area contributed by atoms with E-state index in [1.54, 1.807) is 24.3 Å². The number of hydrogen-bond acceptors (Lipinski definition) is 7. The molecule has 0 spiro atoms. The number of ether oxygens (including phenoxy) is 1. The van der Waals surface area contributed by atoms with E-state index in [0.717, 1.165) is 16.7 Å². The number of alkyl halides is 1. The number of fused-ring (bicyclic) bond motifs is 1. The third kappa shape index (κ3) is 3.62. The second kappa shape index (κ2) is 8.69. The molecule has 2 unspecified atom stereocenters. The lowest BCUT2D eigenvalue weighted by molar-refractivity contribution is -0.169. The van der Waals surface area contributed by atoms with Crippen LogP contribution in [0.15, 0.2) is 60.7 Å². The highest BCUT2D eigenvalue weighted by Gasteiger charge is 2.68. The maximum atomic E-state index is 13.5. The fourth-order valence-electron chi connectivity index (χ4n) is 4.06. The zero-order valence-corrected chi connectivity index (χ0v) is 18.6. The number of Topliss-reactive ketones (excluding diaryl/α,β-unsaturated/α-hetero) is 2. The number of ketones is 2. The summed E-state index contributed by atoms with van der Waals surface area (Å²) in [5.74, 6) is -3.51. The molecule has 4 atom stereocenters. The van der Waals surface area contributed by atoms with Crippen molar-refractivity contribution in [2.45, 2.75) is 35.3 Å². The topological polar surface area (TPSA) is 101 Å². The minimum absolute atomic E-state index is 0.470. The number of carbonyl (C=O) groups excluding carboxylic acids is 4. The number of amides is 1. The van der Waals surface area contributed by atoms with Gasteiger partial charge in [-0.05, 0) is 18.1 Å². The van der Waals surface area contributed by atoms with Gasteiger partial charge in [0.05, 0.1) is 10.6 Å². The molecule has 1 N–H and O–H groups in total. The lowest BCUT2D eigenvalue weighted by atomic mass is 9.89. The van der Waals surface area contributed by atoms with Crippen LogP contribution in [0.2, 0.25) is 0 Å². The van der Waals surface area contributed by atoms with Crippen molar-refractivity contribution in [3.8, 4) is 0 Å². The van der Waals surface area contributed by atoms with E-state index in [2.05, 4.69) is 0 Å². The summed E-state index contributed by atoms with van der Waals surface area (Å²) < 4.78 is 4.40. The number of β-lactam (4-membered cyclic amide) rings is 1. The average Bonchev–Trinajstić information content (AvgIpc) is 3.13. The van der Waals surface area contributed by atoms with Crippen molar-refractivity contribution < 1.29 is 29.0 Å². The lowest BCUT2D eigenvalue weighted by Crippen LogP contribution is -2.65. The number of nitrogens with zero attached hydrogens (tertiary/aromatic N) is 1. The lowest BCUT2D eigenvalue weighted by Gasteiger charge is -2.38.